The molecule has 0 radical (unpaired) electrons. The SMILES string of the molecule is CC(Nc1cccc([N+](=O)[O-])c1)c1ncc[nH]1. The predicted octanol–water partition coefficient (Wildman–Crippen LogP) is 2.49. The topological polar surface area (TPSA) is 83.8 Å². The van der Waals surface area contributed by atoms with Crippen LogP contribution in [0.15, 0.2) is 36.7 Å². The molecule has 6 nitrogen and oxygen atoms in total. The minimum absolute atomic E-state index is 0.0352. The van der Waals surface area contributed by atoms with Crippen molar-refractivity contribution in [3.63, 3.8) is 0 Å². The molecule has 1 unspecified atom stereocenters. The van der Waals surface area contributed by atoms with Gasteiger partial charge < -0.3 is 10.3 Å². The van der Waals surface area contributed by atoms with E-state index < -0.39 is 4.92 Å². The Morgan fingerprint density at radius 1 is 1.53 bits per heavy atom. The molecule has 1 aromatic heterocycles. The van der Waals surface area contributed by atoms with E-state index in [1.54, 1.807) is 24.5 Å². The van der Waals surface area contributed by atoms with Gasteiger partial charge in [0.2, 0.25) is 0 Å². The van der Waals surface area contributed by atoms with E-state index in [-0.39, 0.29) is 11.7 Å². The summed E-state index contributed by atoms with van der Waals surface area (Å²) in [6, 6.07) is 6.36. The number of benzene rings is 1. The fourth-order valence-electron chi connectivity index (χ4n) is 1.54. The number of nitrogens with zero attached hydrogens (tertiary/aromatic N) is 2. The van der Waals surface area contributed by atoms with E-state index in [0.717, 1.165) is 5.82 Å². The van der Waals surface area contributed by atoms with Crippen LogP contribution in [0.25, 0.3) is 0 Å². The zero-order valence-corrected chi connectivity index (χ0v) is 9.25. The smallest absolute Gasteiger partial charge is 0.271 e. The standard InChI is InChI=1S/C11H12N4O2/c1-8(11-12-5-6-13-11)14-9-3-2-4-10(7-9)15(16)17/h2-8,14H,1H3,(H,12,13). The van der Waals surface area contributed by atoms with Crippen LogP contribution >= 0.6 is 0 Å². The summed E-state index contributed by atoms with van der Waals surface area (Å²) in [6.07, 6.45) is 3.40. The molecule has 0 saturated heterocycles. The molecule has 0 aliphatic carbocycles. The average molecular weight is 232 g/mol. The van der Waals surface area contributed by atoms with Crippen LogP contribution in [-0.4, -0.2) is 14.9 Å². The molecule has 0 amide bonds. The quantitative estimate of drug-likeness (QED) is 0.626. The number of anilines is 1. The lowest BCUT2D eigenvalue weighted by Gasteiger charge is -2.12. The van der Waals surface area contributed by atoms with Crippen LogP contribution < -0.4 is 5.32 Å². The van der Waals surface area contributed by atoms with Gasteiger partial charge in [-0.15, -0.1) is 0 Å². The Labute approximate surface area is 97.9 Å². The summed E-state index contributed by atoms with van der Waals surface area (Å²) < 4.78 is 0. The van der Waals surface area contributed by atoms with Gasteiger partial charge in [-0.2, -0.15) is 0 Å². The number of nitro benzene ring substituents is 1. The van der Waals surface area contributed by atoms with E-state index in [4.69, 9.17) is 0 Å². The highest BCUT2D eigenvalue weighted by molar-refractivity contribution is 5.51. The van der Waals surface area contributed by atoms with E-state index in [2.05, 4.69) is 15.3 Å². The zero-order valence-electron chi connectivity index (χ0n) is 9.25. The molecule has 0 saturated carbocycles. The third-order valence-corrected chi connectivity index (χ3v) is 2.37. The minimum Gasteiger partial charge on any atom is -0.375 e. The van der Waals surface area contributed by atoms with Crippen molar-refractivity contribution in [2.24, 2.45) is 0 Å². The van der Waals surface area contributed by atoms with Crippen molar-refractivity contribution in [2.45, 2.75) is 13.0 Å². The van der Waals surface area contributed by atoms with Gasteiger partial charge in [0.05, 0.1) is 11.0 Å². The van der Waals surface area contributed by atoms with Crippen LogP contribution in [0.3, 0.4) is 0 Å². The summed E-state index contributed by atoms with van der Waals surface area (Å²) in [4.78, 5) is 17.3. The zero-order chi connectivity index (χ0) is 12.3. The third-order valence-electron chi connectivity index (χ3n) is 2.37. The molecule has 0 aliphatic heterocycles. The van der Waals surface area contributed by atoms with Crippen molar-refractivity contribution in [1.29, 1.82) is 0 Å². The second-order valence-corrected chi connectivity index (χ2v) is 3.65. The summed E-state index contributed by atoms with van der Waals surface area (Å²) in [5, 5.41) is 13.8. The third kappa shape index (κ3) is 2.60. The molecule has 0 aliphatic rings. The van der Waals surface area contributed by atoms with Gasteiger partial charge in [0.25, 0.3) is 5.69 Å². The first-order valence-corrected chi connectivity index (χ1v) is 5.17. The maximum atomic E-state index is 10.6. The molecule has 88 valence electrons. The molecule has 2 rings (SSSR count). The van der Waals surface area contributed by atoms with Crippen LogP contribution in [0.5, 0.6) is 0 Å². The highest BCUT2D eigenvalue weighted by Crippen LogP contribution is 2.20. The molecule has 0 bridgehead atoms. The van der Waals surface area contributed by atoms with Crippen LogP contribution in [-0.2, 0) is 0 Å². The van der Waals surface area contributed by atoms with Crippen LogP contribution in [0.1, 0.15) is 18.8 Å². The fourth-order valence-corrected chi connectivity index (χ4v) is 1.54. The number of H-pyrrole nitrogens is 1. The first-order valence-electron chi connectivity index (χ1n) is 5.17. The Hall–Kier alpha value is -2.37. The number of aromatic amines is 1. The lowest BCUT2D eigenvalue weighted by Crippen LogP contribution is -2.08. The maximum absolute atomic E-state index is 10.6. The second-order valence-electron chi connectivity index (χ2n) is 3.65. The molecular formula is C11H12N4O2. The van der Waals surface area contributed by atoms with Crippen molar-refractivity contribution in [1.82, 2.24) is 9.97 Å². The number of hydrogen-bond acceptors (Lipinski definition) is 4. The summed E-state index contributed by atoms with van der Waals surface area (Å²) >= 11 is 0. The van der Waals surface area contributed by atoms with E-state index in [9.17, 15) is 10.1 Å². The number of nitrogens with one attached hydrogen (secondary N) is 2. The highest BCUT2D eigenvalue weighted by atomic mass is 16.6. The van der Waals surface area contributed by atoms with E-state index in [1.165, 1.54) is 12.1 Å². The molecule has 1 aromatic carbocycles. The van der Waals surface area contributed by atoms with E-state index in [1.807, 2.05) is 6.92 Å². The highest BCUT2D eigenvalue weighted by Gasteiger charge is 2.10. The number of non-ortho nitro benzene ring substituents is 1. The van der Waals surface area contributed by atoms with E-state index >= 15 is 0 Å². The second kappa shape index (κ2) is 4.65. The Bertz CT molecular complexity index is 510. The summed E-state index contributed by atoms with van der Waals surface area (Å²) in [5.41, 5.74) is 0.768. The van der Waals surface area contributed by atoms with E-state index in [0.29, 0.717) is 5.69 Å². The minimum atomic E-state index is -0.414. The molecule has 1 heterocycles. The van der Waals surface area contributed by atoms with Gasteiger partial charge in [0.15, 0.2) is 0 Å². The molecule has 0 spiro atoms. The molecule has 1 atom stereocenters. The van der Waals surface area contributed by atoms with Crippen molar-refractivity contribution in [3.05, 3.63) is 52.6 Å². The molecule has 6 heteroatoms. The fraction of sp³-hybridized carbons (Fsp3) is 0.182. The number of aromatic nitrogens is 2. The number of rotatable bonds is 4. The van der Waals surface area contributed by atoms with Crippen molar-refractivity contribution in [3.8, 4) is 0 Å². The summed E-state index contributed by atoms with van der Waals surface area (Å²) in [6.45, 7) is 1.93. The van der Waals surface area contributed by atoms with Crippen molar-refractivity contribution < 1.29 is 4.92 Å². The van der Waals surface area contributed by atoms with Gasteiger partial charge in [-0.05, 0) is 13.0 Å². The van der Waals surface area contributed by atoms with Gasteiger partial charge in [-0.3, -0.25) is 10.1 Å². The molecule has 17 heavy (non-hydrogen) atoms. The lowest BCUT2D eigenvalue weighted by molar-refractivity contribution is -0.384. The number of nitro groups is 1. The largest absolute Gasteiger partial charge is 0.375 e. The summed E-state index contributed by atoms with van der Waals surface area (Å²) in [5.74, 6) is 0.788. The monoisotopic (exact) mass is 232 g/mol. The first-order chi connectivity index (χ1) is 8.16. The number of imidazole rings is 1. The lowest BCUT2D eigenvalue weighted by atomic mass is 10.2. The molecule has 0 fully saturated rings. The Balaban J connectivity index is 2.13. The average Bonchev–Trinajstić information content (AvgIpc) is 2.82. The Morgan fingerprint density at radius 3 is 3.00 bits per heavy atom. The van der Waals surface area contributed by atoms with Crippen LogP contribution in [0.4, 0.5) is 11.4 Å². The van der Waals surface area contributed by atoms with Crippen molar-refractivity contribution in [2.75, 3.05) is 5.32 Å². The van der Waals surface area contributed by atoms with Crippen LogP contribution in [0, 0.1) is 10.1 Å². The van der Waals surface area contributed by atoms with Gasteiger partial charge in [-0.25, -0.2) is 4.98 Å². The van der Waals surface area contributed by atoms with Crippen molar-refractivity contribution >= 4 is 11.4 Å². The normalized spacial score (nSPS) is 12.1. The van der Waals surface area contributed by atoms with Gasteiger partial charge in [-0.1, -0.05) is 6.07 Å². The van der Waals surface area contributed by atoms with Gasteiger partial charge in [0, 0.05) is 30.2 Å². The maximum Gasteiger partial charge on any atom is 0.271 e. The Kier molecular flexibility index (Phi) is 3.04. The molecule has 2 aromatic rings. The van der Waals surface area contributed by atoms with Gasteiger partial charge in [0.1, 0.15) is 5.82 Å². The van der Waals surface area contributed by atoms with Crippen LogP contribution in [0.2, 0.25) is 0 Å². The molecule has 2 N–H and O–H groups in total. The summed E-state index contributed by atoms with van der Waals surface area (Å²) in [7, 11) is 0. The first kappa shape index (κ1) is 11.1. The Morgan fingerprint density at radius 2 is 2.35 bits per heavy atom. The predicted molar refractivity (Wildman–Crippen MR) is 63.7 cm³/mol. The molecular weight excluding hydrogens is 220 g/mol. The van der Waals surface area contributed by atoms with Gasteiger partial charge >= 0.3 is 0 Å². The number of hydrogen-bond donors (Lipinski definition) is 2.